The third kappa shape index (κ3) is 2.75. The first-order valence-corrected chi connectivity index (χ1v) is 5.64. The molecule has 2 N–H and O–H groups in total. The summed E-state index contributed by atoms with van der Waals surface area (Å²) < 4.78 is 5.74. The first kappa shape index (κ1) is 11.5. The van der Waals surface area contributed by atoms with Gasteiger partial charge in [0.25, 0.3) is 0 Å². The Morgan fingerprint density at radius 3 is 2.47 bits per heavy atom. The van der Waals surface area contributed by atoms with E-state index in [-0.39, 0.29) is 6.10 Å². The molecule has 0 aliphatic heterocycles. The van der Waals surface area contributed by atoms with E-state index in [9.17, 15) is 0 Å². The van der Waals surface area contributed by atoms with Crippen LogP contribution in [-0.4, -0.2) is 11.1 Å². The number of nitrogens with two attached hydrogens (primary N) is 1. The minimum absolute atomic E-state index is 0.131. The summed E-state index contributed by atoms with van der Waals surface area (Å²) in [4.78, 5) is 4.37. The molecule has 17 heavy (non-hydrogen) atoms. The van der Waals surface area contributed by atoms with Crippen LogP contribution in [0.5, 0.6) is 5.75 Å². The van der Waals surface area contributed by atoms with Crippen LogP contribution in [0.3, 0.4) is 0 Å². The Hall–Kier alpha value is -2.03. The molecule has 0 spiro atoms. The van der Waals surface area contributed by atoms with Gasteiger partial charge in [-0.2, -0.15) is 0 Å². The number of anilines is 1. The number of pyridine rings is 1. The summed E-state index contributed by atoms with van der Waals surface area (Å²) in [6.45, 7) is 4.00. The van der Waals surface area contributed by atoms with Crippen molar-refractivity contribution in [1.82, 2.24) is 4.98 Å². The van der Waals surface area contributed by atoms with Gasteiger partial charge in [0.15, 0.2) is 0 Å². The molecule has 0 radical (unpaired) electrons. The summed E-state index contributed by atoms with van der Waals surface area (Å²) >= 11 is 0. The van der Waals surface area contributed by atoms with Crippen molar-refractivity contribution in [2.75, 3.05) is 5.73 Å². The molecule has 1 heterocycles. The Bertz CT molecular complexity index is 492. The molecule has 2 rings (SSSR count). The Labute approximate surface area is 101 Å². The maximum atomic E-state index is 5.74. The van der Waals surface area contributed by atoms with Crippen LogP contribution in [0.2, 0.25) is 0 Å². The zero-order valence-electron chi connectivity index (χ0n) is 10.1. The zero-order chi connectivity index (χ0) is 12.3. The molecule has 0 bridgehead atoms. The maximum absolute atomic E-state index is 5.74. The van der Waals surface area contributed by atoms with Crippen molar-refractivity contribution in [1.29, 1.82) is 0 Å². The Morgan fingerprint density at radius 2 is 1.82 bits per heavy atom. The van der Waals surface area contributed by atoms with Crippen LogP contribution >= 0.6 is 0 Å². The van der Waals surface area contributed by atoms with Gasteiger partial charge in [-0.3, -0.25) is 4.98 Å². The maximum Gasteiger partial charge on any atom is 0.145 e. The van der Waals surface area contributed by atoms with Crippen molar-refractivity contribution in [2.45, 2.75) is 20.0 Å². The van der Waals surface area contributed by atoms with Gasteiger partial charge in [-0.1, -0.05) is 12.1 Å². The number of nitrogens with zero attached hydrogens (tertiary/aromatic N) is 1. The number of rotatable bonds is 3. The van der Waals surface area contributed by atoms with Crippen LogP contribution in [-0.2, 0) is 0 Å². The fourth-order valence-electron chi connectivity index (χ4n) is 1.60. The van der Waals surface area contributed by atoms with Gasteiger partial charge in [0, 0.05) is 17.4 Å². The topological polar surface area (TPSA) is 48.1 Å². The first-order valence-electron chi connectivity index (χ1n) is 5.64. The summed E-state index contributed by atoms with van der Waals surface area (Å²) in [7, 11) is 0. The largest absolute Gasteiger partial charge is 0.489 e. The highest BCUT2D eigenvalue weighted by atomic mass is 16.5. The molecule has 0 saturated heterocycles. The minimum atomic E-state index is 0.131. The lowest BCUT2D eigenvalue weighted by atomic mass is 10.1. The standard InChI is InChI=1S/C14H16N2O/c1-10(2)17-13-4-3-9-16-14(13)11-5-7-12(15)8-6-11/h3-10H,15H2,1-2H3. The third-order valence-corrected chi connectivity index (χ3v) is 2.32. The molecule has 1 aromatic heterocycles. The number of aromatic nitrogens is 1. The summed E-state index contributed by atoms with van der Waals surface area (Å²) in [6.07, 6.45) is 1.89. The number of hydrogen-bond donors (Lipinski definition) is 1. The molecular formula is C14H16N2O. The van der Waals surface area contributed by atoms with E-state index in [4.69, 9.17) is 10.5 Å². The highest BCUT2D eigenvalue weighted by molar-refractivity contribution is 5.67. The molecule has 3 heteroatoms. The van der Waals surface area contributed by atoms with E-state index in [0.29, 0.717) is 0 Å². The van der Waals surface area contributed by atoms with Gasteiger partial charge in [0.1, 0.15) is 11.4 Å². The third-order valence-electron chi connectivity index (χ3n) is 2.32. The number of nitrogen functional groups attached to an aromatic ring is 1. The molecule has 0 saturated carbocycles. The normalized spacial score (nSPS) is 10.5. The summed E-state index contributed by atoms with van der Waals surface area (Å²) in [6, 6.07) is 11.4. The fraction of sp³-hybridized carbons (Fsp3) is 0.214. The number of hydrogen-bond acceptors (Lipinski definition) is 3. The molecule has 2 aromatic rings. The lowest BCUT2D eigenvalue weighted by Gasteiger charge is -2.13. The van der Waals surface area contributed by atoms with E-state index in [1.807, 2.05) is 50.2 Å². The first-order chi connectivity index (χ1) is 8.16. The number of benzene rings is 1. The second kappa shape index (κ2) is 4.87. The van der Waals surface area contributed by atoms with Crippen molar-refractivity contribution in [2.24, 2.45) is 0 Å². The molecule has 0 atom stereocenters. The predicted molar refractivity (Wildman–Crippen MR) is 69.8 cm³/mol. The lowest BCUT2D eigenvalue weighted by molar-refractivity contribution is 0.242. The minimum Gasteiger partial charge on any atom is -0.489 e. The quantitative estimate of drug-likeness (QED) is 0.821. The Kier molecular flexibility index (Phi) is 3.28. The molecule has 0 aliphatic carbocycles. The van der Waals surface area contributed by atoms with Gasteiger partial charge >= 0.3 is 0 Å². The second-order valence-corrected chi connectivity index (χ2v) is 4.14. The van der Waals surface area contributed by atoms with E-state index in [0.717, 1.165) is 22.7 Å². The SMILES string of the molecule is CC(C)Oc1cccnc1-c1ccc(N)cc1. The van der Waals surface area contributed by atoms with Crippen LogP contribution < -0.4 is 10.5 Å². The lowest BCUT2D eigenvalue weighted by Crippen LogP contribution is -2.07. The highest BCUT2D eigenvalue weighted by Crippen LogP contribution is 2.28. The monoisotopic (exact) mass is 228 g/mol. The van der Waals surface area contributed by atoms with Crippen LogP contribution in [0, 0.1) is 0 Å². The molecule has 3 nitrogen and oxygen atoms in total. The van der Waals surface area contributed by atoms with Crippen molar-refractivity contribution in [3.63, 3.8) is 0 Å². The molecule has 1 aromatic carbocycles. The predicted octanol–water partition coefficient (Wildman–Crippen LogP) is 3.12. The molecule has 0 fully saturated rings. The Balaban J connectivity index is 2.40. The van der Waals surface area contributed by atoms with E-state index < -0.39 is 0 Å². The molecular weight excluding hydrogens is 212 g/mol. The van der Waals surface area contributed by atoms with Gasteiger partial charge in [-0.05, 0) is 38.1 Å². The average molecular weight is 228 g/mol. The van der Waals surface area contributed by atoms with E-state index in [1.165, 1.54) is 0 Å². The van der Waals surface area contributed by atoms with Crippen molar-refractivity contribution in [3.05, 3.63) is 42.6 Å². The van der Waals surface area contributed by atoms with Gasteiger partial charge in [-0.25, -0.2) is 0 Å². The summed E-state index contributed by atoms with van der Waals surface area (Å²) in [5.74, 6) is 0.798. The van der Waals surface area contributed by atoms with Gasteiger partial charge in [0.2, 0.25) is 0 Å². The smallest absolute Gasteiger partial charge is 0.145 e. The molecule has 88 valence electrons. The molecule has 0 amide bonds. The van der Waals surface area contributed by atoms with E-state index in [1.54, 1.807) is 6.20 Å². The zero-order valence-corrected chi connectivity index (χ0v) is 10.1. The van der Waals surface area contributed by atoms with Gasteiger partial charge in [-0.15, -0.1) is 0 Å². The summed E-state index contributed by atoms with van der Waals surface area (Å²) in [5.41, 5.74) is 8.28. The molecule has 0 unspecified atom stereocenters. The van der Waals surface area contributed by atoms with Crippen LogP contribution in [0.1, 0.15) is 13.8 Å². The van der Waals surface area contributed by atoms with Crippen LogP contribution in [0.4, 0.5) is 5.69 Å². The summed E-state index contributed by atoms with van der Waals surface area (Å²) in [5, 5.41) is 0. The van der Waals surface area contributed by atoms with Gasteiger partial charge in [0.05, 0.1) is 6.10 Å². The highest BCUT2D eigenvalue weighted by Gasteiger charge is 2.08. The van der Waals surface area contributed by atoms with Crippen molar-refractivity contribution >= 4 is 5.69 Å². The van der Waals surface area contributed by atoms with Gasteiger partial charge < -0.3 is 10.5 Å². The fourth-order valence-corrected chi connectivity index (χ4v) is 1.60. The Morgan fingerprint density at radius 1 is 1.12 bits per heavy atom. The van der Waals surface area contributed by atoms with Crippen LogP contribution in [0.25, 0.3) is 11.3 Å². The van der Waals surface area contributed by atoms with E-state index in [2.05, 4.69) is 4.98 Å². The van der Waals surface area contributed by atoms with E-state index >= 15 is 0 Å². The van der Waals surface area contributed by atoms with Crippen LogP contribution in [0.15, 0.2) is 42.6 Å². The number of ether oxygens (including phenoxy) is 1. The van der Waals surface area contributed by atoms with Crippen molar-refractivity contribution < 1.29 is 4.74 Å². The molecule has 0 aliphatic rings. The average Bonchev–Trinajstić information content (AvgIpc) is 2.30. The van der Waals surface area contributed by atoms with Crippen molar-refractivity contribution in [3.8, 4) is 17.0 Å². The second-order valence-electron chi connectivity index (χ2n) is 4.14.